The maximum atomic E-state index is 13.3. The lowest BCUT2D eigenvalue weighted by molar-refractivity contribution is 0.0221. The number of aromatic nitrogens is 2. The predicted molar refractivity (Wildman–Crippen MR) is 103 cm³/mol. The predicted octanol–water partition coefficient (Wildman–Crippen LogP) is 3.14. The van der Waals surface area contributed by atoms with Gasteiger partial charge in [0, 0.05) is 5.69 Å². The molecule has 146 valence electrons. The van der Waals surface area contributed by atoms with Gasteiger partial charge in [-0.25, -0.2) is 19.1 Å². The number of benzene rings is 2. The van der Waals surface area contributed by atoms with E-state index in [0.717, 1.165) is 4.90 Å². The Morgan fingerprint density at radius 1 is 1.07 bits per heavy atom. The zero-order valence-electron chi connectivity index (χ0n) is 15.2. The van der Waals surface area contributed by atoms with Gasteiger partial charge in [0.05, 0.1) is 17.3 Å². The standard InChI is InChI=1S/C20H14FN3O4S/c1-29-20-22-10-16(24(20)13-8-6-12(21)7-9-13)19(27)28-11-23-17(25)14-4-2-3-5-15(14)18(23)26/h2-10H,11H2,1H3. The Labute approximate surface area is 169 Å². The number of nitrogens with zero attached hydrogens (tertiary/aromatic N) is 3. The topological polar surface area (TPSA) is 81.5 Å². The van der Waals surface area contributed by atoms with Crippen LogP contribution in [0.5, 0.6) is 0 Å². The lowest BCUT2D eigenvalue weighted by Crippen LogP contribution is -2.33. The highest BCUT2D eigenvalue weighted by Gasteiger charge is 2.36. The zero-order chi connectivity index (χ0) is 20.5. The molecule has 0 radical (unpaired) electrons. The average Bonchev–Trinajstić information content (AvgIpc) is 3.27. The van der Waals surface area contributed by atoms with Crippen molar-refractivity contribution >= 4 is 29.5 Å². The van der Waals surface area contributed by atoms with Gasteiger partial charge in [-0.05, 0) is 42.7 Å². The molecule has 29 heavy (non-hydrogen) atoms. The van der Waals surface area contributed by atoms with Crippen molar-refractivity contribution in [3.63, 3.8) is 0 Å². The van der Waals surface area contributed by atoms with Crippen molar-refractivity contribution in [1.29, 1.82) is 0 Å². The summed E-state index contributed by atoms with van der Waals surface area (Å²) in [5.41, 5.74) is 1.17. The number of ether oxygens (including phenoxy) is 1. The summed E-state index contributed by atoms with van der Waals surface area (Å²) < 4.78 is 20.0. The molecule has 1 aliphatic heterocycles. The third kappa shape index (κ3) is 3.29. The third-order valence-corrected chi connectivity index (χ3v) is 5.06. The Hall–Kier alpha value is -3.46. The first-order valence-corrected chi connectivity index (χ1v) is 9.73. The molecule has 1 aromatic heterocycles. The third-order valence-electron chi connectivity index (χ3n) is 4.41. The normalized spacial score (nSPS) is 13.0. The lowest BCUT2D eigenvalue weighted by Gasteiger charge is -2.15. The first-order chi connectivity index (χ1) is 14.0. The number of esters is 1. The van der Waals surface area contributed by atoms with Crippen LogP contribution in [-0.4, -0.2) is 45.2 Å². The number of imidazole rings is 1. The summed E-state index contributed by atoms with van der Waals surface area (Å²) in [6, 6.07) is 12.0. The van der Waals surface area contributed by atoms with E-state index in [1.54, 1.807) is 30.5 Å². The molecule has 0 bridgehead atoms. The number of hydrogen-bond acceptors (Lipinski definition) is 6. The van der Waals surface area contributed by atoms with E-state index in [0.29, 0.717) is 10.8 Å². The van der Waals surface area contributed by atoms with Crippen molar-refractivity contribution in [3.8, 4) is 5.69 Å². The molecule has 4 rings (SSSR count). The molecular weight excluding hydrogens is 397 g/mol. The van der Waals surface area contributed by atoms with Gasteiger partial charge in [0.1, 0.15) is 5.82 Å². The molecule has 3 aromatic rings. The van der Waals surface area contributed by atoms with Gasteiger partial charge in [0.15, 0.2) is 17.6 Å². The summed E-state index contributed by atoms with van der Waals surface area (Å²) in [5, 5.41) is 0.504. The number of halogens is 1. The zero-order valence-corrected chi connectivity index (χ0v) is 16.0. The van der Waals surface area contributed by atoms with Crippen molar-refractivity contribution in [2.75, 3.05) is 13.0 Å². The largest absolute Gasteiger partial charge is 0.439 e. The number of carbonyl (C=O) groups excluding carboxylic acids is 3. The molecule has 2 heterocycles. The Morgan fingerprint density at radius 3 is 2.28 bits per heavy atom. The van der Waals surface area contributed by atoms with Crippen molar-refractivity contribution in [3.05, 3.63) is 77.4 Å². The average molecular weight is 411 g/mol. The van der Waals surface area contributed by atoms with E-state index in [2.05, 4.69) is 4.98 Å². The Kier molecular flexibility index (Phi) is 4.89. The molecular formula is C20H14FN3O4S. The van der Waals surface area contributed by atoms with Gasteiger partial charge in [-0.1, -0.05) is 23.9 Å². The summed E-state index contributed by atoms with van der Waals surface area (Å²) in [4.78, 5) is 42.5. The molecule has 9 heteroatoms. The van der Waals surface area contributed by atoms with E-state index in [1.165, 1.54) is 46.8 Å². The minimum atomic E-state index is -0.765. The number of rotatable bonds is 5. The van der Waals surface area contributed by atoms with Crippen LogP contribution in [0.1, 0.15) is 31.2 Å². The van der Waals surface area contributed by atoms with Crippen LogP contribution < -0.4 is 0 Å². The van der Waals surface area contributed by atoms with Crippen molar-refractivity contribution < 1.29 is 23.5 Å². The quantitative estimate of drug-likeness (QED) is 0.365. The lowest BCUT2D eigenvalue weighted by atomic mass is 10.1. The number of hydrogen-bond donors (Lipinski definition) is 0. The van der Waals surface area contributed by atoms with Crippen molar-refractivity contribution in [1.82, 2.24) is 14.5 Å². The van der Waals surface area contributed by atoms with Crippen LogP contribution in [0.25, 0.3) is 5.69 Å². The Morgan fingerprint density at radius 2 is 1.69 bits per heavy atom. The van der Waals surface area contributed by atoms with E-state index in [9.17, 15) is 18.8 Å². The highest BCUT2D eigenvalue weighted by molar-refractivity contribution is 7.98. The second-order valence-electron chi connectivity index (χ2n) is 6.09. The molecule has 0 unspecified atom stereocenters. The molecule has 2 aromatic carbocycles. The van der Waals surface area contributed by atoms with E-state index in [-0.39, 0.29) is 16.8 Å². The van der Waals surface area contributed by atoms with Gasteiger partial charge in [0.25, 0.3) is 11.8 Å². The minimum Gasteiger partial charge on any atom is -0.439 e. The van der Waals surface area contributed by atoms with E-state index >= 15 is 0 Å². The minimum absolute atomic E-state index is 0.0950. The van der Waals surface area contributed by atoms with E-state index in [1.807, 2.05) is 0 Å². The molecule has 1 aliphatic rings. The fourth-order valence-corrected chi connectivity index (χ4v) is 3.56. The molecule has 0 N–H and O–H groups in total. The second-order valence-corrected chi connectivity index (χ2v) is 6.86. The van der Waals surface area contributed by atoms with Crippen LogP contribution >= 0.6 is 11.8 Å². The number of carbonyl (C=O) groups is 3. The van der Waals surface area contributed by atoms with Crippen LogP contribution in [0, 0.1) is 5.82 Å². The summed E-state index contributed by atoms with van der Waals surface area (Å²) >= 11 is 1.30. The molecule has 0 saturated carbocycles. The molecule has 0 atom stereocenters. The Bertz CT molecular complexity index is 1090. The van der Waals surface area contributed by atoms with Crippen LogP contribution in [0.15, 0.2) is 59.9 Å². The first kappa shape index (κ1) is 18.9. The van der Waals surface area contributed by atoms with E-state index < -0.39 is 30.3 Å². The maximum absolute atomic E-state index is 13.3. The van der Waals surface area contributed by atoms with Crippen LogP contribution in [0.4, 0.5) is 4.39 Å². The first-order valence-electron chi connectivity index (χ1n) is 8.51. The molecule has 0 saturated heterocycles. The fraction of sp³-hybridized carbons (Fsp3) is 0.100. The van der Waals surface area contributed by atoms with Gasteiger partial charge in [0.2, 0.25) is 0 Å². The fourth-order valence-electron chi connectivity index (χ4n) is 3.02. The highest BCUT2D eigenvalue weighted by atomic mass is 32.2. The number of thioether (sulfide) groups is 1. The van der Waals surface area contributed by atoms with Gasteiger partial charge < -0.3 is 4.74 Å². The summed E-state index contributed by atoms with van der Waals surface area (Å²) in [6.07, 6.45) is 3.12. The van der Waals surface area contributed by atoms with Gasteiger partial charge in [-0.15, -0.1) is 0 Å². The second kappa shape index (κ2) is 7.51. The number of fused-ring (bicyclic) bond motifs is 1. The number of imide groups is 1. The molecule has 0 spiro atoms. The molecule has 0 aliphatic carbocycles. The molecule has 7 nitrogen and oxygen atoms in total. The number of amides is 2. The van der Waals surface area contributed by atoms with Crippen LogP contribution in [0.3, 0.4) is 0 Å². The summed E-state index contributed by atoms with van der Waals surface area (Å²) in [5.74, 6) is -2.21. The van der Waals surface area contributed by atoms with Gasteiger partial charge in [-0.3, -0.25) is 14.2 Å². The smallest absolute Gasteiger partial charge is 0.358 e. The molecule has 0 fully saturated rings. The van der Waals surface area contributed by atoms with Gasteiger partial charge in [-0.2, -0.15) is 0 Å². The molecule has 2 amide bonds. The Balaban J connectivity index is 1.56. The van der Waals surface area contributed by atoms with E-state index in [4.69, 9.17) is 4.74 Å². The highest BCUT2D eigenvalue weighted by Crippen LogP contribution is 2.24. The maximum Gasteiger partial charge on any atom is 0.358 e. The van der Waals surface area contributed by atoms with Crippen LogP contribution in [-0.2, 0) is 4.74 Å². The summed E-state index contributed by atoms with van der Waals surface area (Å²) in [6.45, 7) is -0.519. The van der Waals surface area contributed by atoms with Crippen LogP contribution in [0.2, 0.25) is 0 Å². The monoisotopic (exact) mass is 411 g/mol. The van der Waals surface area contributed by atoms with Crippen molar-refractivity contribution in [2.45, 2.75) is 5.16 Å². The van der Waals surface area contributed by atoms with Gasteiger partial charge >= 0.3 is 5.97 Å². The summed E-state index contributed by atoms with van der Waals surface area (Å²) in [7, 11) is 0. The van der Waals surface area contributed by atoms with Crippen molar-refractivity contribution in [2.24, 2.45) is 0 Å². The SMILES string of the molecule is CSc1ncc(C(=O)OCN2C(=O)c3ccccc3C2=O)n1-c1ccc(F)cc1.